The minimum Gasteiger partial charge on any atom is -0.486 e. The molecule has 3 amide bonds. The van der Waals surface area contributed by atoms with Crippen LogP contribution in [-0.2, 0) is 11.2 Å². The summed E-state index contributed by atoms with van der Waals surface area (Å²) in [5.74, 6) is 0.874. The molecule has 2 aliphatic rings. The molecular formula is C21H23N3O4. The van der Waals surface area contributed by atoms with Crippen molar-refractivity contribution >= 4 is 23.3 Å². The smallest absolute Gasteiger partial charge is 0.325 e. The number of carbonyl (C=O) groups excluding carboxylic acids is 2. The summed E-state index contributed by atoms with van der Waals surface area (Å²) in [6.07, 6.45) is 1.98. The molecule has 146 valence electrons. The second-order valence-corrected chi connectivity index (χ2v) is 7.01. The van der Waals surface area contributed by atoms with Crippen LogP contribution >= 0.6 is 0 Å². The number of fused-ring (bicyclic) bond motifs is 2. The van der Waals surface area contributed by atoms with Gasteiger partial charge in [0.15, 0.2) is 11.5 Å². The van der Waals surface area contributed by atoms with Crippen molar-refractivity contribution in [2.75, 3.05) is 30.0 Å². The first-order valence-corrected chi connectivity index (χ1v) is 9.45. The lowest BCUT2D eigenvalue weighted by Crippen LogP contribution is -2.46. The Morgan fingerprint density at radius 1 is 1.11 bits per heavy atom. The normalized spacial score (nSPS) is 17.5. The van der Waals surface area contributed by atoms with Crippen molar-refractivity contribution < 1.29 is 19.1 Å². The highest BCUT2D eigenvalue weighted by atomic mass is 16.6. The number of para-hydroxylation sites is 1. The van der Waals surface area contributed by atoms with E-state index in [9.17, 15) is 9.59 Å². The molecule has 1 atom stereocenters. The number of aryl methyl sites for hydroxylation is 1. The lowest BCUT2D eigenvalue weighted by molar-refractivity contribution is -0.118. The minimum atomic E-state index is -0.570. The Balaban J connectivity index is 1.37. The molecule has 0 saturated carbocycles. The van der Waals surface area contributed by atoms with Crippen molar-refractivity contribution in [3.8, 4) is 11.5 Å². The topological polar surface area (TPSA) is 79.9 Å². The van der Waals surface area contributed by atoms with Crippen molar-refractivity contribution in [3.05, 3.63) is 48.0 Å². The van der Waals surface area contributed by atoms with Crippen LogP contribution in [0.1, 0.15) is 18.9 Å². The quantitative estimate of drug-likeness (QED) is 0.855. The van der Waals surface area contributed by atoms with E-state index in [2.05, 4.69) is 23.6 Å². The third-order valence-corrected chi connectivity index (χ3v) is 5.03. The highest BCUT2D eigenvalue weighted by Gasteiger charge is 2.25. The van der Waals surface area contributed by atoms with Crippen LogP contribution in [0.25, 0.3) is 0 Å². The number of hydrogen-bond donors (Lipinski definition) is 2. The van der Waals surface area contributed by atoms with Gasteiger partial charge in [0.25, 0.3) is 0 Å². The van der Waals surface area contributed by atoms with Crippen LogP contribution in [0.15, 0.2) is 42.5 Å². The Labute approximate surface area is 163 Å². The number of anilines is 2. The van der Waals surface area contributed by atoms with Crippen molar-refractivity contribution in [2.24, 2.45) is 0 Å². The highest BCUT2D eigenvalue weighted by molar-refractivity contribution is 6.02. The first-order valence-electron chi connectivity index (χ1n) is 9.45. The maximum Gasteiger partial charge on any atom is 0.325 e. The van der Waals surface area contributed by atoms with E-state index >= 15 is 0 Å². The summed E-state index contributed by atoms with van der Waals surface area (Å²) in [5, 5.41) is 5.07. The molecule has 0 bridgehead atoms. The van der Waals surface area contributed by atoms with Crippen molar-refractivity contribution in [2.45, 2.75) is 25.8 Å². The molecule has 0 fully saturated rings. The van der Waals surface area contributed by atoms with Gasteiger partial charge in [-0.2, -0.15) is 0 Å². The SMILES string of the molecule is C[C@@H]1CCc2ccccc2N1CC(=O)NC(=O)Nc1ccc2c(c1)OCCO2. The van der Waals surface area contributed by atoms with Crippen LogP contribution in [0.5, 0.6) is 11.5 Å². The maximum atomic E-state index is 12.4. The maximum absolute atomic E-state index is 12.4. The molecule has 2 N–H and O–H groups in total. The van der Waals surface area contributed by atoms with E-state index in [1.807, 2.05) is 23.1 Å². The first kappa shape index (κ1) is 18.2. The second-order valence-electron chi connectivity index (χ2n) is 7.01. The number of hydrogen-bond acceptors (Lipinski definition) is 5. The van der Waals surface area contributed by atoms with E-state index < -0.39 is 6.03 Å². The summed E-state index contributed by atoms with van der Waals surface area (Å²) in [7, 11) is 0. The fraction of sp³-hybridized carbons (Fsp3) is 0.333. The number of amides is 3. The summed E-state index contributed by atoms with van der Waals surface area (Å²) >= 11 is 0. The van der Waals surface area contributed by atoms with Gasteiger partial charge in [-0.1, -0.05) is 18.2 Å². The standard InChI is InChI=1S/C21H23N3O4/c1-14-6-7-15-4-2-3-5-17(15)24(14)13-20(25)23-21(26)22-16-8-9-18-19(12-16)28-11-10-27-18/h2-5,8-9,12,14H,6-7,10-11,13H2,1H3,(H2,22,23,25,26)/t14-/m1/s1. The Morgan fingerprint density at radius 3 is 2.75 bits per heavy atom. The molecular weight excluding hydrogens is 358 g/mol. The van der Waals surface area contributed by atoms with Gasteiger partial charge < -0.3 is 19.7 Å². The molecule has 0 radical (unpaired) electrons. The average Bonchev–Trinajstić information content (AvgIpc) is 2.70. The molecule has 0 aromatic heterocycles. The Hall–Kier alpha value is -3.22. The van der Waals surface area contributed by atoms with Crippen molar-refractivity contribution in [1.82, 2.24) is 5.32 Å². The van der Waals surface area contributed by atoms with Gasteiger partial charge in [-0.05, 0) is 43.5 Å². The monoisotopic (exact) mass is 381 g/mol. The number of imide groups is 1. The molecule has 2 aromatic carbocycles. The summed E-state index contributed by atoms with van der Waals surface area (Å²) < 4.78 is 11.0. The van der Waals surface area contributed by atoms with E-state index in [1.165, 1.54) is 5.56 Å². The predicted octanol–water partition coefficient (Wildman–Crippen LogP) is 2.95. The van der Waals surface area contributed by atoms with Crippen LogP contribution in [0.4, 0.5) is 16.2 Å². The van der Waals surface area contributed by atoms with E-state index in [0.29, 0.717) is 30.4 Å². The largest absolute Gasteiger partial charge is 0.486 e. The molecule has 2 aromatic rings. The fourth-order valence-corrected chi connectivity index (χ4v) is 3.61. The fourth-order valence-electron chi connectivity index (χ4n) is 3.61. The zero-order chi connectivity index (χ0) is 19.5. The Morgan fingerprint density at radius 2 is 1.89 bits per heavy atom. The van der Waals surface area contributed by atoms with Crippen molar-refractivity contribution in [1.29, 1.82) is 0 Å². The summed E-state index contributed by atoms with van der Waals surface area (Å²) in [5.41, 5.74) is 2.82. The second kappa shape index (κ2) is 7.80. The number of ether oxygens (including phenoxy) is 2. The molecule has 0 aliphatic carbocycles. The van der Waals surface area contributed by atoms with Gasteiger partial charge in [0.1, 0.15) is 13.2 Å². The predicted molar refractivity (Wildman–Crippen MR) is 106 cm³/mol. The highest BCUT2D eigenvalue weighted by Crippen LogP contribution is 2.32. The number of benzene rings is 2. The van der Waals surface area contributed by atoms with Gasteiger partial charge in [-0.25, -0.2) is 4.79 Å². The van der Waals surface area contributed by atoms with Gasteiger partial charge in [0.2, 0.25) is 5.91 Å². The molecule has 28 heavy (non-hydrogen) atoms. The van der Waals surface area contributed by atoms with Gasteiger partial charge >= 0.3 is 6.03 Å². The minimum absolute atomic E-state index is 0.132. The first-order chi connectivity index (χ1) is 13.6. The molecule has 2 heterocycles. The van der Waals surface area contributed by atoms with Gasteiger partial charge in [0.05, 0.1) is 6.54 Å². The number of nitrogens with zero attached hydrogens (tertiary/aromatic N) is 1. The summed E-state index contributed by atoms with van der Waals surface area (Å²) in [4.78, 5) is 26.7. The van der Waals surface area contributed by atoms with E-state index in [-0.39, 0.29) is 18.5 Å². The molecule has 7 nitrogen and oxygen atoms in total. The third-order valence-electron chi connectivity index (χ3n) is 5.03. The number of carbonyl (C=O) groups is 2. The van der Waals surface area contributed by atoms with Crippen LogP contribution in [-0.4, -0.2) is 37.7 Å². The molecule has 0 unspecified atom stereocenters. The molecule has 0 saturated heterocycles. The van der Waals surface area contributed by atoms with Crippen LogP contribution in [0, 0.1) is 0 Å². The molecule has 2 aliphatic heterocycles. The molecule has 7 heteroatoms. The number of urea groups is 1. The zero-order valence-corrected chi connectivity index (χ0v) is 15.7. The van der Waals surface area contributed by atoms with Crippen molar-refractivity contribution in [3.63, 3.8) is 0 Å². The average molecular weight is 381 g/mol. The third kappa shape index (κ3) is 3.88. The molecule has 0 spiro atoms. The lowest BCUT2D eigenvalue weighted by atomic mass is 9.97. The van der Waals surface area contributed by atoms with Crippen LogP contribution < -0.4 is 25.0 Å². The van der Waals surface area contributed by atoms with Gasteiger partial charge in [-0.15, -0.1) is 0 Å². The van der Waals surface area contributed by atoms with Gasteiger partial charge in [0, 0.05) is 23.5 Å². The van der Waals surface area contributed by atoms with E-state index in [0.717, 1.165) is 18.5 Å². The summed E-state index contributed by atoms with van der Waals surface area (Å²) in [6, 6.07) is 12.9. The Bertz CT molecular complexity index is 899. The van der Waals surface area contributed by atoms with Crippen LogP contribution in [0.2, 0.25) is 0 Å². The number of rotatable bonds is 3. The Kier molecular flexibility index (Phi) is 5.06. The molecule has 4 rings (SSSR count). The van der Waals surface area contributed by atoms with E-state index in [4.69, 9.17) is 9.47 Å². The summed E-state index contributed by atoms with van der Waals surface area (Å²) in [6.45, 7) is 3.20. The lowest BCUT2D eigenvalue weighted by Gasteiger charge is -2.36. The zero-order valence-electron chi connectivity index (χ0n) is 15.7. The number of nitrogens with one attached hydrogen (secondary N) is 2. The van der Waals surface area contributed by atoms with Gasteiger partial charge in [-0.3, -0.25) is 10.1 Å². The van der Waals surface area contributed by atoms with Crippen LogP contribution in [0.3, 0.4) is 0 Å². The van der Waals surface area contributed by atoms with E-state index in [1.54, 1.807) is 18.2 Å².